The van der Waals surface area contributed by atoms with E-state index < -0.39 is 10.0 Å². The second-order valence-corrected chi connectivity index (χ2v) is 8.68. The number of piperazine rings is 1. The maximum absolute atomic E-state index is 12.8. The van der Waals surface area contributed by atoms with Crippen LogP contribution in [0, 0.1) is 11.3 Å². The molecule has 3 rings (SSSR count). The number of nitriles is 1. The normalized spacial score (nSPS) is 15.4. The van der Waals surface area contributed by atoms with E-state index in [0.29, 0.717) is 10.6 Å². The van der Waals surface area contributed by atoms with Crippen molar-refractivity contribution in [1.82, 2.24) is 9.21 Å². The van der Waals surface area contributed by atoms with Crippen molar-refractivity contribution in [3.05, 3.63) is 63.6 Å². The predicted molar refractivity (Wildman–Crippen MR) is 102 cm³/mol. The molecular weight excluding hydrogens is 409 g/mol. The van der Waals surface area contributed by atoms with Gasteiger partial charge in [0.2, 0.25) is 10.0 Å². The second-order valence-electron chi connectivity index (χ2n) is 5.93. The Kier molecular flexibility index (Phi) is 5.72. The SMILES string of the molecule is N#Cc1ccccc1S(=O)(=O)N1CCN(C(=O)c2ccc(Cl)cc2Cl)CC1. The molecule has 27 heavy (non-hydrogen) atoms. The van der Waals surface area contributed by atoms with Crippen LogP contribution in [0.1, 0.15) is 15.9 Å². The van der Waals surface area contributed by atoms with E-state index in [-0.39, 0.29) is 47.6 Å². The van der Waals surface area contributed by atoms with Crippen molar-refractivity contribution in [2.45, 2.75) is 4.90 Å². The van der Waals surface area contributed by atoms with Crippen molar-refractivity contribution in [1.29, 1.82) is 5.26 Å². The molecule has 0 bridgehead atoms. The van der Waals surface area contributed by atoms with E-state index in [4.69, 9.17) is 28.5 Å². The molecule has 0 atom stereocenters. The summed E-state index contributed by atoms with van der Waals surface area (Å²) in [5.41, 5.74) is 0.427. The molecule has 1 amide bonds. The number of benzene rings is 2. The maximum Gasteiger partial charge on any atom is 0.255 e. The van der Waals surface area contributed by atoms with E-state index >= 15 is 0 Å². The molecule has 1 fully saturated rings. The van der Waals surface area contributed by atoms with Gasteiger partial charge in [0.1, 0.15) is 6.07 Å². The van der Waals surface area contributed by atoms with E-state index in [0.717, 1.165) is 0 Å². The number of rotatable bonds is 3. The quantitative estimate of drug-likeness (QED) is 0.759. The molecule has 1 saturated heterocycles. The number of nitrogens with zero attached hydrogens (tertiary/aromatic N) is 3. The average molecular weight is 424 g/mol. The van der Waals surface area contributed by atoms with Gasteiger partial charge in [-0.25, -0.2) is 8.42 Å². The van der Waals surface area contributed by atoms with Crippen LogP contribution in [-0.4, -0.2) is 49.7 Å². The Labute approximate surface area is 167 Å². The Morgan fingerprint density at radius 3 is 2.33 bits per heavy atom. The van der Waals surface area contributed by atoms with Crippen LogP contribution in [0.5, 0.6) is 0 Å². The zero-order valence-corrected chi connectivity index (χ0v) is 16.4. The number of hydrogen-bond donors (Lipinski definition) is 0. The summed E-state index contributed by atoms with van der Waals surface area (Å²) in [4.78, 5) is 14.2. The molecule has 140 valence electrons. The van der Waals surface area contributed by atoms with E-state index in [9.17, 15) is 13.2 Å². The number of carbonyl (C=O) groups is 1. The van der Waals surface area contributed by atoms with Crippen LogP contribution in [0.2, 0.25) is 10.0 Å². The fourth-order valence-electron chi connectivity index (χ4n) is 2.89. The van der Waals surface area contributed by atoms with Gasteiger partial charge >= 0.3 is 0 Å². The first kappa shape index (κ1) is 19.6. The minimum atomic E-state index is -3.80. The van der Waals surface area contributed by atoms with Crippen molar-refractivity contribution in [3.8, 4) is 6.07 Å². The highest BCUT2D eigenvalue weighted by Gasteiger charge is 2.32. The standard InChI is InChI=1S/C18H15Cl2N3O3S/c19-14-5-6-15(16(20)11-14)18(24)22-7-9-23(10-8-22)27(25,26)17-4-2-1-3-13(17)12-21/h1-6,11H,7-10H2. The molecular formula is C18H15Cl2N3O3S. The minimum absolute atomic E-state index is 0.0203. The van der Waals surface area contributed by atoms with Crippen molar-refractivity contribution < 1.29 is 13.2 Å². The van der Waals surface area contributed by atoms with E-state index in [1.807, 2.05) is 6.07 Å². The minimum Gasteiger partial charge on any atom is -0.336 e. The van der Waals surface area contributed by atoms with Gasteiger partial charge < -0.3 is 4.90 Å². The summed E-state index contributed by atoms with van der Waals surface area (Å²) in [5, 5.41) is 9.85. The third kappa shape index (κ3) is 3.94. The Morgan fingerprint density at radius 1 is 1.04 bits per heavy atom. The highest BCUT2D eigenvalue weighted by molar-refractivity contribution is 7.89. The van der Waals surface area contributed by atoms with Gasteiger partial charge in [-0.05, 0) is 30.3 Å². The predicted octanol–water partition coefficient (Wildman–Crippen LogP) is 3.01. The molecule has 0 radical (unpaired) electrons. The number of hydrogen-bond acceptors (Lipinski definition) is 4. The third-order valence-electron chi connectivity index (χ3n) is 4.31. The monoisotopic (exact) mass is 423 g/mol. The molecule has 0 aliphatic carbocycles. The highest BCUT2D eigenvalue weighted by Crippen LogP contribution is 2.24. The average Bonchev–Trinajstić information content (AvgIpc) is 2.67. The van der Waals surface area contributed by atoms with Gasteiger partial charge in [-0.2, -0.15) is 9.57 Å². The van der Waals surface area contributed by atoms with Crippen LogP contribution in [0.15, 0.2) is 47.4 Å². The molecule has 0 unspecified atom stereocenters. The van der Waals surface area contributed by atoms with Crippen LogP contribution in [0.25, 0.3) is 0 Å². The van der Waals surface area contributed by atoms with Crippen LogP contribution >= 0.6 is 23.2 Å². The molecule has 0 aromatic heterocycles. The Morgan fingerprint density at radius 2 is 1.70 bits per heavy atom. The smallest absolute Gasteiger partial charge is 0.255 e. The molecule has 1 heterocycles. The summed E-state index contributed by atoms with van der Waals surface area (Å²) in [6.07, 6.45) is 0. The van der Waals surface area contributed by atoms with Crippen molar-refractivity contribution in [2.24, 2.45) is 0 Å². The van der Waals surface area contributed by atoms with Gasteiger partial charge in [0.25, 0.3) is 5.91 Å². The molecule has 1 aliphatic rings. The number of halogens is 2. The molecule has 0 spiro atoms. The first-order valence-corrected chi connectivity index (χ1v) is 10.3. The van der Waals surface area contributed by atoms with Gasteiger partial charge in [-0.15, -0.1) is 0 Å². The highest BCUT2D eigenvalue weighted by atomic mass is 35.5. The fourth-order valence-corrected chi connectivity index (χ4v) is 4.94. The van der Waals surface area contributed by atoms with E-state index in [2.05, 4.69) is 0 Å². The molecule has 6 nitrogen and oxygen atoms in total. The maximum atomic E-state index is 12.8. The first-order chi connectivity index (χ1) is 12.8. The number of carbonyl (C=O) groups excluding carboxylic acids is 1. The molecule has 2 aromatic carbocycles. The summed E-state index contributed by atoms with van der Waals surface area (Å²) >= 11 is 11.9. The van der Waals surface area contributed by atoms with Crippen LogP contribution in [-0.2, 0) is 10.0 Å². The molecule has 2 aromatic rings. The van der Waals surface area contributed by atoms with Crippen molar-refractivity contribution in [3.63, 3.8) is 0 Å². The Balaban J connectivity index is 1.75. The van der Waals surface area contributed by atoms with Crippen LogP contribution in [0.4, 0.5) is 0 Å². The summed E-state index contributed by atoms with van der Waals surface area (Å²) in [6, 6.07) is 12.6. The lowest BCUT2D eigenvalue weighted by atomic mass is 10.2. The third-order valence-corrected chi connectivity index (χ3v) is 6.82. The molecule has 0 saturated carbocycles. The van der Waals surface area contributed by atoms with Gasteiger partial charge in [-0.3, -0.25) is 4.79 Å². The lowest BCUT2D eigenvalue weighted by molar-refractivity contribution is 0.0698. The Bertz CT molecular complexity index is 1030. The van der Waals surface area contributed by atoms with Gasteiger partial charge in [0.05, 0.1) is 21.0 Å². The van der Waals surface area contributed by atoms with Crippen LogP contribution in [0.3, 0.4) is 0 Å². The summed E-state index contributed by atoms with van der Waals surface area (Å²) < 4.78 is 27.0. The van der Waals surface area contributed by atoms with E-state index in [1.165, 1.54) is 22.5 Å². The largest absolute Gasteiger partial charge is 0.336 e. The number of sulfonamides is 1. The second kappa shape index (κ2) is 7.87. The molecule has 9 heteroatoms. The van der Waals surface area contributed by atoms with Gasteiger partial charge in [0.15, 0.2) is 0 Å². The fraction of sp³-hybridized carbons (Fsp3) is 0.222. The summed E-state index contributed by atoms with van der Waals surface area (Å²) in [6.45, 7) is 0.732. The lowest BCUT2D eigenvalue weighted by Crippen LogP contribution is -2.50. The zero-order chi connectivity index (χ0) is 19.6. The first-order valence-electron chi connectivity index (χ1n) is 8.08. The van der Waals surface area contributed by atoms with Crippen LogP contribution < -0.4 is 0 Å². The summed E-state index contributed by atoms with van der Waals surface area (Å²) in [7, 11) is -3.80. The van der Waals surface area contributed by atoms with Crippen molar-refractivity contribution >= 4 is 39.1 Å². The van der Waals surface area contributed by atoms with Crippen molar-refractivity contribution in [2.75, 3.05) is 26.2 Å². The van der Waals surface area contributed by atoms with Gasteiger partial charge in [-0.1, -0.05) is 35.3 Å². The molecule has 0 N–H and O–H groups in total. The lowest BCUT2D eigenvalue weighted by Gasteiger charge is -2.34. The summed E-state index contributed by atoms with van der Waals surface area (Å²) in [5.74, 6) is -0.272. The Hall–Kier alpha value is -2.11. The number of amides is 1. The molecule has 1 aliphatic heterocycles. The topological polar surface area (TPSA) is 81.5 Å². The zero-order valence-electron chi connectivity index (χ0n) is 14.1. The van der Waals surface area contributed by atoms with E-state index in [1.54, 1.807) is 29.2 Å². The van der Waals surface area contributed by atoms with Gasteiger partial charge in [0, 0.05) is 31.2 Å².